The predicted octanol–water partition coefficient (Wildman–Crippen LogP) is 4.33. The van der Waals surface area contributed by atoms with Crippen molar-refractivity contribution in [3.05, 3.63) is 82.1 Å². The molecule has 6 heteroatoms. The number of rotatable bonds is 4. The zero-order valence-corrected chi connectivity index (χ0v) is 16.8. The standard InChI is InChI=1S/C24H25N3O3/c1-2-9-26-10-8-24(16-4-3-5-19(28)11-16)14-23-21(12-17(24)15-26)20-7-6-18(27(29)30)13-22(20)25-23/h2-7,11,13,17,25,28H,1,8-10,12,14-15H2. The first-order valence-electron chi connectivity index (χ1n) is 10.4. The zero-order valence-electron chi connectivity index (χ0n) is 16.8. The number of piperidine rings is 1. The van der Waals surface area contributed by atoms with Crippen molar-refractivity contribution in [1.29, 1.82) is 0 Å². The number of non-ortho nitro benzene ring substituents is 1. The van der Waals surface area contributed by atoms with E-state index in [9.17, 15) is 15.2 Å². The van der Waals surface area contributed by atoms with E-state index in [0.717, 1.165) is 49.8 Å². The number of nitro groups is 1. The molecule has 0 amide bonds. The Balaban J connectivity index is 1.63. The molecule has 2 aliphatic rings. The molecule has 2 heterocycles. The van der Waals surface area contributed by atoms with Gasteiger partial charge < -0.3 is 10.1 Å². The molecule has 2 aromatic carbocycles. The van der Waals surface area contributed by atoms with Crippen molar-refractivity contribution >= 4 is 16.6 Å². The molecule has 1 aromatic heterocycles. The second kappa shape index (κ2) is 6.99. The van der Waals surface area contributed by atoms with Gasteiger partial charge in [0, 0.05) is 41.7 Å². The fraction of sp³-hybridized carbons (Fsp3) is 0.333. The van der Waals surface area contributed by atoms with Crippen LogP contribution in [0.4, 0.5) is 5.69 Å². The van der Waals surface area contributed by atoms with Crippen molar-refractivity contribution in [2.24, 2.45) is 5.92 Å². The van der Waals surface area contributed by atoms with Crippen LogP contribution in [0.3, 0.4) is 0 Å². The minimum absolute atomic E-state index is 0.0593. The molecule has 0 spiro atoms. The highest BCUT2D eigenvalue weighted by Crippen LogP contribution is 2.49. The summed E-state index contributed by atoms with van der Waals surface area (Å²) in [7, 11) is 0. The SMILES string of the molecule is C=CCN1CCC2(c3cccc(O)c3)Cc3[nH]c4cc([N+](=O)[O-])ccc4c3CC2C1. The van der Waals surface area contributed by atoms with Gasteiger partial charge in [0.05, 0.1) is 10.4 Å². The lowest BCUT2D eigenvalue weighted by atomic mass is 9.58. The van der Waals surface area contributed by atoms with Crippen LogP contribution in [0.5, 0.6) is 5.75 Å². The van der Waals surface area contributed by atoms with Gasteiger partial charge in [-0.25, -0.2) is 0 Å². The van der Waals surface area contributed by atoms with Gasteiger partial charge in [-0.1, -0.05) is 18.2 Å². The van der Waals surface area contributed by atoms with Crippen LogP contribution < -0.4 is 0 Å². The van der Waals surface area contributed by atoms with Crippen molar-refractivity contribution in [3.8, 4) is 5.75 Å². The smallest absolute Gasteiger partial charge is 0.271 e. The molecule has 2 N–H and O–H groups in total. The highest BCUT2D eigenvalue weighted by Gasteiger charge is 2.48. The summed E-state index contributed by atoms with van der Waals surface area (Å²) in [5.41, 5.74) is 4.51. The van der Waals surface area contributed by atoms with Crippen LogP contribution in [0.25, 0.3) is 10.9 Å². The number of aromatic amines is 1. The third kappa shape index (κ3) is 2.91. The molecule has 5 rings (SSSR count). The lowest BCUT2D eigenvalue weighted by Crippen LogP contribution is -2.53. The average molecular weight is 403 g/mol. The number of likely N-dealkylation sites (tertiary alicyclic amines) is 1. The van der Waals surface area contributed by atoms with E-state index in [1.807, 2.05) is 24.3 Å². The van der Waals surface area contributed by atoms with Gasteiger partial charge in [0.25, 0.3) is 5.69 Å². The van der Waals surface area contributed by atoms with E-state index in [-0.39, 0.29) is 16.0 Å². The summed E-state index contributed by atoms with van der Waals surface area (Å²) in [5, 5.41) is 22.5. The fourth-order valence-electron chi connectivity index (χ4n) is 5.64. The van der Waals surface area contributed by atoms with Crippen LogP contribution in [0.1, 0.15) is 23.2 Å². The molecule has 30 heavy (non-hydrogen) atoms. The Kier molecular flexibility index (Phi) is 4.40. The molecule has 0 bridgehead atoms. The number of nitrogens with one attached hydrogen (secondary N) is 1. The summed E-state index contributed by atoms with van der Waals surface area (Å²) < 4.78 is 0. The molecule has 0 saturated carbocycles. The normalized spacial score (nSPS) is 23.7. The molecule has 2 unspecified atom stereocenters. The molecular weight excluding hydrogens is 378 g/mol. The molecule has 2 atom stereocenters. The Bertz CT molecular complexity index is 1150. The molecule has 1 fully saturated rings. The maximum atomic E-state index is 11.2. The van der Waals surface area contributed by atoms with Gasteiger partial charge in [-0.2, -0.15) is 0 Å². The van der Waals surface area contributed by atoms with Crippen LogP contribution in [-0.2, 0) is 18.3 Å². The number of hydrogen-bond acceptors (Lipinski definition) is 4. The topological polar surface area (TPSA) is 82.4 Å². The van der Waals surface area contributed by atoms with E-state index < -0.39 is 0 Å². The van der Waals surface area contributed by atoms with E-state index in [1.165, 1.54) is 16.8 Å². The number of H-pyrrole nitrogens is 1. The minimum Gasteiger partial charge on any atom is -0.508 e. The molecule has 1 aliphatic heterocycles. The third-order valence-corrected chi connectivity index (χ3v) is 7.07. The van der Waals surface area contributed by atoms with E-state index >= 15 is 0 Å². The number of aromatic nitrogens is 1. The number of phenolic OH excluding ortho intramolecular Hbond substituents is 1. The van der Waals surface area contributed by atoms with Gasteiger partial charge in [-0.15, -0.1) is 6.58 Å². The fourth-order valence-corrected chi connectivity index (χ4v) is 5.64. The van der Waals surface area contributed by atoms with Gasteiger partial charge >= 0.3 is 0 Å². The number of hydrogen-bond donors (Lipinski definition) is 2. The molecule has 1 saturated heterocycles. The molecular formula is C24H25N3O3. The number of benzene rings is 2. The Morgan fingerprint density at radius 3 is 2.97 bits per heavy atom. The Morgan fingerprint density at radius 2 is 2.20 bits per heavy atom. The van der Waals surface area contributed by atoms with Gasteiger partial charge in [0.1, 0.15) is 5.75 Å². The van der Waals surface area contributed by atoms with Crippen molar-refractivity contribution in [2.75, 3.05) is 19.6 Å². The molecule has 154 valence electrons. The first-order chi connectivity index (χ1) is 14.5. The van der Waals surface area contributed by atoms with E-state index in [2.05, 4.69) is 22.5 Å². The van der Waals surface area contributed by atoms with Crippen LogP contribution in [0, 0.1) is 16.0 Å². The summed E-state index contributed by atoms with van der Waals surface area (Å²) in [5.74, 6) is 0.696. The van der Waals surface area contributed by atoms with Gasteiger partial charge in [-0.05, 0) is 61.1 Å². The summed E-state index contributed by atoms with van der Waals surface area (Å²) in [6, 6.07) is 12.8. The molecule has 6 nitrogen and oxygen atoms in total. The first-order valence-corrected chi connectivity index (χ1v) is 10.4. The number of nitro benzene ring substituents is 1. The van der Waals surface area contributed by atoms with E-state index in [4.69, 9.17) is 0 Å². The number of aromatic hydroxyl groups is 1. The van der Waals surface area contributed by atoms with Gasteiger partial charge in [0.2, 0.25) is 0 Å². The van der Waals surface area contributed by atoms with Crippen molar-refractivity contribution in [3.63, 3.8) is 0 Å². The van der Waals surface area contributed by atoms with Crippen molar-refractivity contribution < 1.29 is 10.0 Å². The number of nitrogens with zero attached hydrogens (tertiary/aromatic N) is 2. The van der Waals surface area contributed by atoms with Crippen LogP contribution >= 0.6 is 0 Å². The zero-order chi connectivity index (χ0) is 20.9. The van der Waals surface area contributed by atoms with Crippen LogP contribution in [0.2, 0.25) is 0 Å². The largest absolute Gasteiger partial charge is 0.508 e. The molecule has 3 aromatic rings. The predicted molar refractivity (Wildman–Crippen MR) is 117 cm³/mol. The van der Waals surface area contributed by atoms with Crippen LogP contribution in [-0.4, -0.2) is 39.5 Å². The molecule has 0 radical (unpaired) electrons. The van der Waals surface area contributed by atoms with Crippen molar-refractivity contribution in [1.82, 2.24) is 9.88 Å². The maximum Gasteiger partial charge on any atom is 0.271 e. The number of fused-ring (bicyclic) bond motifs is 4. The average Bonchev–Trinajstić information content (AvgIpc) is 3.08. The summed E-state index contributed by atoms with van der Waals surface area (Å²) in [4.78, 5) is 16.8. The van der Waals surface area contributed by atoms with E-state index in [0.29, 0.717) is 11.7 Å². The summed E-state index contributed by atoms with van der Waals surface area (Å²) >= 11 is 0. The summed E-state index contributed by atoms with van der Waals surface area (Å²) in [6.07, 6.45) is 4.72. The lowest BCUT2D eigenvalue weighted by Gasteiger charge is -2.51. The highest BCUT2D eigenvalue weighted by molar-refractivity contribution is 5.87. The monoisotopic (exact) mass is 403 g/mol. The second-order valence-corrected chi connectivity index (χ2v) is 8.65. The lowest BCUT2D eigenvalue weighted by molar-refractivity contribution is -0.384. The van der Waals surface area contributed by atoms with Gasteiger partial charge in [-0.3, -0.25) is 15.0 Å². The Morgan fingerprint density at radius 1 is 1.33 bits per heavy atom. The van der Waals surface area contributed by atoms with Gasteiger partial charge in [0.15, 0.2) is 0 Å². The second-order valence-electron chi connectivity index (χ2n) is 8.65. The molecule has 1 aliphatic carbocycles. The van der Waals surface area contributed by atoms with Crippen molar-refractivity contribution in [2.45, 2.75) is 24.7 Å². The maximum absolute atomic E-state index is 11.2. The van der Waals surface area contributed by atoms with E-state index in [1.54, 1.807) is 18.2 Å². The number of phenols is 1. The Hall–Kier alpha value is -3.12. The highest BCUT2D eigenvalue weighted by atomic mass is 16.6. The van der Waals surface area contributed by atoms with Crippen LogP contribution in [0.15, 0.2) is 55.1 Å². The quantitative estimate of drug-likeness (QED) is 0.386. The Labute approximate surface area is 175 Å². The first kappa shape index (κ1) is 18.9. The summed E-state index contributed by atoms with van der Waals surface area (Å²) in [6.45, 7) is 6.74. The third-order valence-electron chi connectivity index (χ3n) is 7.07. The minimum atomic E-state index is -0.347.